The number of hydrogen-bond acceptors (Lipinski definition) is 1. The van der Waals surface area contributed by atoms with Crippen LogP contribution in [0, 0.1) is 10.8 Å². The molecule has 0 heterocycles. The van der Waals surface area contributed by atoms with Crippen molar-refractivity contribution in [2.24, 2.45) is 10.8 Å². The molecule has 0 aromatic carbocycles. The smallest absolute Gasteiger partial charge is 0.0595 e. The van der Waals surface area contributed by atoms with Crippen LogP contribution < -0.4 is 0 Å². The lowest BCUT2D eigenvalue weighted by Crippen LogP contribution is -2.26. The molecule has 0 rings (SSSR count). The molecule has 1 unspecified atom stereocenters. The van der Waals surface area contributed by atoms with Gasteiger partial charge in [-0.05, 0) is 30.6 Å². The van der Waals surface area contributed by atoms with Crippen molar-refractivity contribution in [3.8, 4) is 0 Å². The Kier molecular flexibility index (Phi) is 6.32. The Morgan fingerprint density at radius 2 is 1.62 bits per heavy atom. The molecule has 0 bridgehead atoms. The van der Waals surface area contributed by atoms with Crippen molar-refractivity contribution in [2.75, 3.05) is 6.61 Å². The first kappa shape index (κ1) is 15.7. The van der Waals surface area contributed by atoms with Gasteiger partial charge >= 0.3 is 0 Å². The van der Waals surface area contributed by atoms with Crippen LogP contribution in [0.5, 0.6) is 0 Å². The van der Waals surface area contributed by atoms with Crippen molar-refractivity contribution in [2.45, 2.75) is 67.4 Å². The molecule has 0 fully saturated rings. The second-order valence-corrected chi connectivity index (χ2v) is 6.79. The summed E-state index contributed by atoms with van der Waals surface area (Å²) in [4.78, 5) is 0. The zero-order valence-corrected chi connectivity index (χ0v) is 12.3. The van der Waals surface area contributed by atoms with Gasteiger partial charge in [0.25, 0.3) is 0 Å². The van der Waals surface area contributed by atoms with Gasteiger partial charge in [-0.3, -0.25) is 0 Å². The first-order valence-electron chi connectivity index (χ1n) is 6.42. The minimum absolute atomic E-state index is 0.251. The Hall–Kier alpha value is -0.300. The lowest BCUT2D eigenvalue weighted by atomic mass is 9.90. The maximum absolute atomic E-state index is 5.80. The van der Waals surface area contributed by atoms with Crippen molar-refractivity contribution >= 4 is 0 Å². The predicted octanol–water partition coefficient (Wildman–Crippen LogP) is 4.82. The summed E-state index contributed by atoms with van der Waals surface area (Å²) >= 11 is 0. The minimum Gasteiger partial charge on any atom is -0.378 e. The topological polar surface area (TPSA) is 9.23 Å². The van der Waals surface area contributed by atoms with Crippen molar-refractivity contribution in [3.63, 3.8) is 0 Å². The first-order valence-corrected chi connectivity index (χ1v) is 6.42. The Balaban J connectivity index is 3.59. The Morgan fingerprint density at radius 3 is 2.06 bits per heavy atom. The zero-order valence-electron chi connectivity index (χ0n) is 12.3. The van der Waals surface area contributed by atoms with Crippen molar-refractivity contribution in [1.82, 2.24) is 0 Å². The van der Waals surface area contributed by atoms with E-state index in [-0.39, 0.29) is 5.41 Å². The van der Waals surface area contributed by atoms with E-state index in [1.54, 1.807) is 0 Å². The molecule has 0 saturated heterocycles. The van der Waals surface area contributed by atoms with E-state index in [2.05, 4.69) is 60.6 Å². The maximum atomic E-state index is 5.80. The summed E-state index contributed by atoms with van der Waals surface area (Å²) in [7, 11) is 0. The van der Waals surface area contributed by atoms with Gasteiger partial charge in [-0.15, -0.1) is 0 Å². The van der Waals surface area contributed by atoms with Crippen LogP contribution in [0.15, 0.2) is 12.2 Å². The summed E-state index contributed by atoms with van der Waals surface area (Å²) in [6.07, 6.45) is 7.12. The highest BCUT2D eigenvalue weighted by molar-refractivity contribution is 4.91. The van der Waals surface area contributed by atoms with Crippen LogP contribution >= 0.6 is 0 Å². The van der Waals surface area contributed by atoms with Gasteiger partial charge in [0.1, 0.15) is 0 Å². The summed E-state index contributed by atoms with van der Waals surface area (Å²) < 4.78 is 5.80. The molecule has 96 valence electrons. The van der Waals surface area contributed by atoms with Crippen molar-refractivity contribution in [3.05, 3.63) is 12.2 Å². The summed E-state index contributed by atoms with van der Waals surface area (Å²) in [5.74, 6) is 0. The third-order valence-corrected chi connectivity index (χ3v) is 2.72. The normalized spacial score (nSPS) is 15.7. The summed E-state index contributed by atoms with van der Waals surface area (Å²) in [5, 5.41) is 0. The lowest BCUT2D eigenvalue weighted by Gasteiger charge is -2.27. The SMILES string of the molecule is CC(OCCC/C=C\C(C)(C)C)C(C)(C)C. The van der Waals surface area contributed by atoms with Crippen LogP contribution in [0.3, 0.4) is 0 Å². The van der Waals surface area contributed by atoms with Gasteiger partial charge in [-0.2, -0.15) is 0 Å². The third kappa shape index (κ3) is 8.96. The minimum atomic E-state index is 0.251. The monoisotopic (exact) mass is 226 g/mol. The lowest BCUT2D eigenvalue weighted by molar-refractivity contribution is -0.00547. The highest BCUT2D eigenvalue weighted by Gasteiger charge is 2.19. The molecule has 1 atom stereocenters. The molecular formula is C15H30O. The molecule has 1 heteroatoms. The van der Waals surface area contributed by atoms with Gasteiger partial charge in [-0.25, -0.2) is 0 Å². The van der Waals surface area contributed by atoms with Crippen LogP contribution in [-0.2, 0) is 4.74 Å². The van der Waals surface area contributed by atoms with Crippen molar-refractivity contribution in [1.29, 1.82) is 0 Å². The molecule has 0 aliphatic heterocycles. The van der Waals surface area contributed by atoms with Crippen LogP contribution in [0.2, 0.25) is 0 Å². The van der Waals surface area contributed by atoms with Crippen LogP contribution in [0.4, 0.5) is 0 Å². The molecule has 1 nitrogen and oxygen atoms in total. The molecule has 0 aliphatic carbocycles. The van der Waals surface area contributed by atoms with E-state index in [1.807, 2.05) is 0 Å². The van der Waals surface area contributed by atoms with Gasteiger partial charge in [0.05, 0.1) is 6.10 Å². The van der Waals surface area contributed by atoms with E-state index in [1.165, 1.54) is 0 Å². The molecule has 0 aromatic rings. The number of rotatable bonds is 5. The fourth-order valence-electron chi connectivity index (χ4n) is 1.15. The quantitative estimate of drug-likeness (QED) is 0.482. The highest BCUT2D eigenvalue weighted by Crippen LogP contribution is 2.21. The molecule has 0 aromatic heterocycles. The fraction of sp³-hybridized carbons (Fsp3) is 0.867. The number of allylic oxidation sites excluding steroid dienone is 2. The van der Waals surface area contributed by atoms with Gasteiger partial charge in [-0.1, -0.05) is 53.7 Å². The van der Waals surface area contributed by atoms with Crippen molar-refractivity contribution < 1.29 is 4.74 Å². The van der Waals surface area contributed by atoms with Crippen LogP contribution in [-0.4, -0.2) is 12.7 Å². The van der Waals surface area contributed by atoms with E-state index in [4.69, 9.17) is 4.74 Å². The maximum Gasteiger partial charge on any atom is 0.0595 e. The molecule has 0 spiro atoms. The predicted molar refractivity (Wildman–Crippen MR) is 72.7 cm³/mol. The molecule has 0 radical (unpaired) electrons. The fourth-order valence-corrected chi connectivity index (χ4v) is 1.15. The molecule has 0 saturated carbocycles. The van der Waals surface area contributed by atoms with E-state index < -0.39 is 0 Å². The van der Waals surface area contributed by atoms with E-state index in [9.17, 15) is 0 Å². The molecule has 16 heavy (non-hydrogen) atoms. The summed E-state index contributed by atoms with van der Waals surface area (Å²) in [6, 6.07) is 0. The summed E-state index contributed by atoms with van der Waals surface area (Å²) in [6.45, 7) is 16.4. The summed E-state index contributed by atoms with van der Waals surface area (Å²) in [5.41, 5.74) is 0.556. The van der Waals surface area contributed by atoms with Crippen LogP contribution in [0.1, 0.15) is 61.3 Å². The second kappa shape index (κ2) is 6.44. The highest BCUT2D eigenvalue weighted by atomic mass is 16.5. The van der Waals surface area contributed by atoms with E-state index in [0.29, 0.717) is 11.5 Å². The molecule has 0 aliphatic rings. The van der Waals surface area contributed by atoms with E-state index in [0.717, 1.165) is 19.4 Å². The largest absolute Gasteiger partial charge is 0.378 e. The molecule has 0 amide bonds. The number of hydrogen-bond donors (Lipinski definition) is 0. The van der Waals surface area contributed by atoms with Gasteiger partial charge < -0.3 is 4.74 Å². The average molecular weight is 226 g/mol. The number of ether oxygens (including phenoxy) is 1. The molecular weight excluding hydrogens is 196 g/mol. The average Bonchev–Trinajstić information content (AvgIpc) is 2.07. The standard InChI is InChI=1S/C15H30O/c1-13(15(5,6)7)16-12-10-8-9-11-14(2,3)4/h9,11,13H,8,10,12H2,1-7H3/b11-9-. The Morgan fingerprint density at radius 1 is 1.06 bits per heavy atom. The van der Waals surface area contributed by atoms with Crippen LogP contribution in [0.25, 0.3) is 0 Å². The van der Waals surface area contributed by atoms with Gasteiger partial charge in [0.2, 0.25) is 0 Å². The van der Waals surface area contributed by atoms with Gasteiger partial charge in [0, 0.05) is 6.61 Å². The first-order chi connectivity index (χ1) is 7.13. The third-order valence-electron chi connectivity index (χ3n) is 2.72. The second-order valence-electron chi connectivity index (χ2n) is 6.79. The van der Waals surface area contributed by atoms with Gasteiger partial charge in [0.15, 0.2) is 0 Å². The Bertz CT molecular complexity index is 202. The van der Waals surface area contributed by atoms with E-state index >= 15 is 0 Å². The zero-order chi connectivity index (χ0) is 12.8. The molecule has 0 N–H and O–H groups in total. The Labute approximate surface area is 102 Å². The number of unbranched alkanes of at least 4 members (excludes halogenated alkanes) is 1.